The number of benzene rings is 2. The summed E-state index contributed by atoms with van der Waals surface area (Å²) >= 11 is 5.94. The minimum atomic E-state index is -1.04. The third-order valence-electron chi connectivity index (χ3n) is 7.84. The Bertz CT molecular complexity index is 1530. The SMILES string of the molecule is Cn1c(CN2CCC(c3cccc4c3OCC(c3ccc(Cl)cc3F)C4)CC2)nc2ccc(C(=O)O)nc21. The van der Waals surface area contributed by atoms with E-state index in [1.807, 2.05) is 11.6 Å². The molecule has 0 aliphatic carbocycles. The molecule has 0 radical (unpaired) electrons. The van der Waals surface area contributed by atoms with E-state index < -0.39 is 5.97 Å². The molecule has 1 atom stereocenters. The number of fused-ring (bicyclic) bond motifs is 2. The molecule has 1 saturated heterocycles. The van der Waals surface area contributed by atoms with Crippen molar-refractivity contribution < 1.29 is 19.0 Å². The van der Waals surface area contributed by atoms with E-state index in [4.69, 9.17) is 21.3 Å². The Balaban J connectivity index is 1.13. The van der Waals surface area contributed by atoms with Crippen molar-refractivity contribution in [2.45, 2.75) is 37.6 Å². The van der Waals surface area contributed by atoms with Gasteiger partial charge in [0.25, 0.3) is 0 Å². The molecule has 1 N–H and O–H groups in total. The number of para-hydroxylation sites is 1. The summed E-state index contributed by atoms with van der Waals surface area (Å²) < 4.78 is 22.7. The largest absolute Gasteiger partial charge is 0.492 e. The lowest BCUT2D eigenvalue weighted by Gasteiger charge is -2.34. The van der Waals surface area contributed by atoms with Crippen LogP contribution >= 0.6 is 11.6 Å². The average molecular weight is 535 g/mol. The zero-order chi connectivity index (χ0) is 26.4. The molecule has 1 fully saturated rings. The number of likely N-dealkylation sites (tertiary alicyclic amines) is 1. The number of carboxylic acid groups (broad SMARTS) is 1. The Morgan fingerprint density at radius 2 is 1.92 bits per heavy atom. The predicted octanol–water partition coefficient (Wildman–Crippen LogP) is 5.56. The first-order chi connectivity index (χ1) is 18.4. The molecule has 2 aliphatic rings. The van der Waals surface area contributed by atoms with E-state index in [9.17, 15) is 14.3 Å². The van der Waals surface area contributed by atoms with Crippen molar-refractivity contribution in [2.24, 2.45) is 7.05 Å². The average Bonchev–Trinajstić information content (AvgIpc) is 3.22. The highest BCUT2D eigenvalue weighted by Crippen LogP contribution is 2.41. The van der Waals surface area contributed by atoms with E-state index in [1.54, 1.807) is 18.2 Å². The van der Waals surface area contributed by atoms with Crippen molar-refractivity contribution in [3.63, 3.8) is 0 Å². The van der Waals surface area contributed by atoms with Crippen molar-refractivity contribution in [3.05, 3.63) is 87.6 Å². The summed E-state index contributed by atoms with van der Waals surface area (Å²) in [5.41, 5.74) is 4.32. The second-order valence-corrected chi connectivity index (χ2v) is 10.6. The van der Waals surface area contributed by atoms with Crippen molar-refractivity contribution in [1.82, 2.24) is 19.4 Å². The molecule has 196 valence electrons. The van der Waals surface area contributed by atoms with Gasteiger partial charge in [0.1, 0.15) is 22.9 Å². The van der Waals surface area contributed by atoms with Crippen LogP contribution in [0.1, 0.15) is 57.7 Å². The van der Waals surface area contributed by atoms with Crippen molar-refractivity contribution in [1.29, 1.82) is 0 Å². The third-order valence-corrected chi connectivity index (χ3v) is 8.08. The summed E-state index contributed by atoms with van der Waals surface area (Å²) in [5, 5.41) is 9.65. The Hall–Kier alpha value is -3.49. The van der Waals surface area contributed by atoms with Crippen LogP contribution in [-0.2, 0) is 20.0 Å². The normalized spacial score (nSPS) is 18.3. The van der Waals surface area contributed by atoms with Crippen LogP contribution in [0, 0.1) is 5.82 Å². The van der Waals surface area contributed by atoms with Gasteiger partial charge >= 0.3 is 5.97 Å². The lowest BCUT2D eigenvalue weighted by molar-refractivity contribution is 0.0691. The lowest BCUT2D eigenvalue weighted by atomic mass is 9.84. The van der Waals surface area contributed by atoms with E-state index in [0.717, 1.165) is 49.5 Å². The number of aromatic nitrogens is 3. The monoisotopic (exact) mass is 534 g/mol. The molecule has 7 nitrogen and oxygen atoms in total. The number of carbonyl (C=O) groups is 1. The molecule has 0 saturated carbocycles. The summed E-state index contributed by atoms with van der Waals surface area (Å²) in [6.45, 7) is 2.97. The first-order valence-corrected chi connectivity index (χ1v) is 13.2. The number of rotatable bonds is 5. The molecule has 2 aromatic heterocycles. The summed E-state index contributed by atoms with van der Waals surface area (Å²) in [5.74, 6) is 0.867. The first kappa shape index (κ1) is 24.8. The number of imidazole rings is 1. The number of pyridine rings is 1. The first-order valence-electron chi connectivity index (χ1n) is 12.8. The lowest BCUT2D eigenvalue weighted by Crippen LogP contribution is -2.33. The molecule has 6 rings (SSSR count). The van der Waals surface area contributed by atoms with E-state index >= 15 is 0 Å². The summed E-state index contributed by atoms with van der Waals surface area (Å²) in [7, 11) is 1.88. The number of carboxylic acids is 1. The molecule has 9 heteroatoms. The van der Waals surface area contributed by atoms with Crippen LogP contribution in [0.2, 0.25) is 5.02 Å². The van der Waals surface area contributed by atoms with Gasteiger partial charge in [-0.1, -0.05) is 35.9 Å². The predicted molar refractivity (Wildman–Crippen MR) is 143 cm³/mol. The van der Waals surface area contributed by atoms with E-state index in [2.05, 4.69) is 28.1 Å². The zero-order valence-corrected chi connectivity index (χ0v) is 21.8. The van der Waals surface area contributed by atoms with Crippen LogP contribution in [-0.4, -0.2) is 50.2 Å². The highest BCUT2D eigenvalue weighted by Gasteiger charge is 2.30. The summed E-state index contributed by atoms with van der Waals surface area (Å²) in [4.78, 5) is 22.6. The van der Waals surface area contributed by atoms with E-state index in [-0.39, 0.29) is 17.4 Å². The van der Waals surface area contributed by atoms with Gasteiger partial charge in [-0.15, -0.1) is 0 Å². The fourth-order valence-electron chi connectivity index (χ4n) is 5.78. The smallest absolute Gasteiger partial charge is 0.354 e. The zero-order valence-electron chi connectivity index (χ0n) is 21.0. The van der Waals surface area contributed by atoms with Gasteiger partial charge in [-0.25, -0.2) is 19.2 Å². The highest BCUT2D eigenvalue weighted by atomic mass is 35.5. The maximum atomic E-state index is 14.5. The maximum Gasteiger partial charge on any atom is 0.354 e. The summed E-state index contributed by atoms with van der Waals surface area (Å²) in [6, 6.07) is 14.4. The van der Waals surface area contributed by atoms with Crippen LogP contribution in [0.25, 0.3) is 11.2 Å². The van der Waals surface area contributed by atoms with E-state index in [1.165, 1.54) is 17.7 Å². The fraction of sp³-hybridized carbons (Fsp3) is 0.345. The fourth-order valence-corrected chi connectivity index (χ4v) is 5.94. The van der Waals surface area contributed by atoms with Gasteiger partial charge in [0.15, 0.2) is 11.3 Å². The number of ether oxygens (including phenoxy) is 1. The Morgan fingerprint density at radius 1 is 1.11 bits per heavy atom. The molecule has 4 heterocycles. The molecular formula is C29H28ClFN4O3. The number of hydrogen-bond donors (Lipinski definition) is 1. The Kier molecular flexibility index (Phi) is 6.53. The number of piperidine rings is 1. The number of aryl methyl sites for hydroxylation is 1. The molecule has 0 spiro atoms. The molecule has 2 aromatic carbocycles. The van der Waals surface area contributed by atoms with E-state index in [0.29, 0.717) is 40.8 Å². The standard InChI is InChI=1S/C29H28ClFN4O3/c1-34-26(32-24-7-8-25(29(36)37)33-28(24)34)15-35-11-9-17(10-12-35)22-4-2-3-18-13-19(16-38-27(18)22)21-6-5-20(30)14-23(21)31/h2-8,14,17,19H,9-13,15-16H2,1H3,(H,36,37). The van der Waals surface area contributed by atoms with Gasteiger partial charge in [0.2, 0.25) is 0 Å². The number of aromatic carboxylic acids is 1. The van der Waals surface area contributed by atoms with Crippen molar-refractivity contribution in [3.8, 4) is 5.75 Å². The Morgan fingerprint density at radius 3 is 2.68 bits per heavy atom. The molecule has 4 aromatic rings. The molecular weight excluding hydrogens is 507 g/mol. The van der Waals surface area contributed by atoms with Gasteiger partial charge in [0.05, 0.1) is 13.2 Å². The molecule has 0 bridgehead atoms. The van der Waals surface area contributed by atoms with Crippen LogP contribution in [0.15, 0.2) is 48.5 Å². The van der Waals surface area contributed by atoms with Crippen molar-refractivity contribution in [2.75, 3.05) is 19.7 Å². The maximum absolute atomic E-state index is 14.5. The highest BCUT2D eigenvalue weighted by molar-refractivity contribution is 6.30. The third kappa shape index (κ3) is 4.63. The molecule has 1 unspecified atom stereocenters. The molecule has 0 amide bonds. The minimum Gasteiger partial charge on any atom is -0.492 e. The van der Waals surface area contributed by atoms with Crippen LogP contribution in [0.3, 0.4) is 0 Å². The van der Waals surface area contributed by atoms with Crippen LogP contribution in [0.5, 0.6) is 5.75 Å². The Labute approximate surface area is 224 Å². The topological polar surface area (TPSA) is 80.5 Å². The van der Waals surface area contributed by atoms with Gasteiger partial charge < -0.3 is 14.4 Å². The second kappa shape index (κ2) is 10.0. The second-order valence-electron chi connectivity index (χ2n) is 10.2. The van der Waals surface area contributed by atoms with Crippen LogP contribution in [0.4, 0.5) is 4.39 Å². The van der Waals surface area contributed by atoms with Crippen LogP contribution < -0.4 is 4.74 Å². The van der Waals surface area contributed by atoms with Gasteiger partial charge in [0, 0.05) is 18.0 Å². The number of hydrogen-bond acceptors (Lipinski definition) is 5. The molecule has 38 heavy (non-hydrogen) atoms. The molecule has 2 aliphatic heterocycles. The quantitative estimate of drug-likeness (QED) is 0.361. The van der Waals surface area contributed by atoms with Crippen molar-refractivity contribution >= 4 is 28.7 Å². The van der Waals surface area contributed by atoms with Gasteiger partial charge in [-0.2, -0.15) is 0 Å². The van der Waals surface area contributed by atoms with Gasteiger partial charge in [-0.3, -0.25) is 4.90 Å². The van der Waals surface area contributed by atoms with Gasteiger partial charge in [-0.05, 0) is 79.2 Å². The minimum absolute atomic E-state index is 0.0193. The number of halogens is 2. The summed E-state index contributed by atoms with van der Waals surface area (Å²) in [6.07, 6.45) is 2.74. The number of nitrogens with zero attached hydrogens (tertiary/aromatic N) is 4.